The van der Waals surface area contributed by atoms with Gasteiger partial charge in [-0.1, -0.05) is 66.8 Å². The second-order valence-corrected chi connectivity index (χ2v) is 10.2. The fourth-order valence-electron chi connectivity index (χ4n) is 5.37. The number of benzene rings is 3. The average Bonchev–Trinajstić information content (AvgIpc) is 2.90. The Labute approximate surface area is 224 Å². The van der Waals surface area contributed by atoms with E-state index in [4.69, 9.17) is 0 Å². The first-order valence-electron chi connectivity index (χ1n) is 13.3. The van der Waals surface area contributed by atoms with Crippen molar-refractivity contribution in [3.63, 3.8) is 0 Å². The summed E-state index contributed by atoms with van der Waals surface area (Å²) in [6, 6.07) is 26.4. The van der Waals surface area contributed by atoms with Gasteiger partial charge in [-0.25, -0.2) is 0 Å². The van der Waals surface area contributed by atoms with Gasteiger partial charge in [-0.05, 0) is 93.8 Å². The molecular formula is C34H41N3. The molecule has 3 aromatic carbocycles. The van der Waals surface area contributed by atoms with Crippen molar-refractivity contribution >= 4 is 17.1 Å². The second-order valence-electron chi connectivity index (χ2n) is 10.2. The van der Waals surface area contributed by atoms with Gasteiger partial charge in [0, 0.05) is 42.8 Å². The quantitative estimate of drug-likeness (QED) is 0.292. The summed E-state index contributed by atoms with van der Waals surface area (Å²) in [6.45, 7) is 10.9. The highest BCUT2D eigenvalue weighted by Gasteiger charge is 2.22. The number of aryl methyl sites for hydroxylation is 2. The predicted molar refractivity (Wildman–Crippen MR) is 161 cm³/mol. The number of hydrogen-bond donors (Lipinski definition) is 0. The molecule has 0 bridgehead atoms. The molecule has 192 valence electrons. The van der Waals surface area contributed by atoms with E-state index in [1.807, 2.05) is 0 Å². The van der Waals surface area contributed by atoms with E-state index in [1.165, 1.54) is 45.0 Å². The van der Waals surface area contributed by atoms with Crippen LogP contribution in [0.2, 0.25) is 0 Å². The molecule has 0 saturated carbocycles. The van der Waals surface area contributed by atoms with E-state index >= 15 is 0 Å². The summed E-state index contributed by atoms with van der Waals surface area (Å²) >= 11 is 0. The number of allylic oxidation sites excluding steroid dienone is 4. The lowest BCUT2D eigenvalue weighted by Gasteiger charge is -2.37. The largest absolute Gasteiger partial charge is 0.361 e. The Hall–Kier alpha value is -3.72. The Balaban J connectivity index is 1.58. The van der Waals surface area contributed by atoms with E-state index in [-0.39, 0.29) is 6.17 Å². The van der Waals surface area contributed by atoms with Gasteiger partial charge in [0.25, 0.3) is 0 Å². The molecule has 3 nitrogen and oxygen atoms in total. The normalized spacial score (nSPS) is 16.2. The zero-order chi connectivity index (χ0) is 26.5. The van der Waals surface area contributed by atoms with Crippen molar-refractivity contribution in [2.45, 2.75) is 53.1 Å². The van der Waals surface area contributed by atoms with Gasteiger partial charge in [-0.2, -0.15) is 0 Å². The summed E-state index contributed by atoms with van der Waals surface area (Å²) < 4.78 is 0. The summed E-state index contributed by atoms with van der Waals surface area (Å²) in [5, 5.41) is 0. The highest BCUT2D eigenvalue weighted by Crippen LogP contribution is 2.36. The number of para-hydroxylation sites is 2. The van der Waals surface area contributed by atoms with Gasteiger partial charge in [0.2, 0.25) is 0 Å². The number of anilines is 3. The maximum absolute atomic E-state index is 2.43. The lowest BCUT2D eigenvalue weighted by Crippen LogP contribution is -2.39. The first kappa shape index (κ1) is 26.3. The minimum absolute atomic E-state index is 0.169. The topological polar surface area (TPSA) is 9.72 Å². The third kappa shape index (κ3) is 5.67. The van der Waals surface area contributed by atoms with Gasteiger partial charge >= 0.3 is 0 Å². The van der Waals surface area contributed by atoms with Crippen LogP contribution in [0.3, 0.4) is 0 Å². The lowest BCUT2D eigenvalue weighted by molar-refractivity contribution is 0.356. The predicted octanol–water partition coefficient (Wildman–Crippen LogP) is 8.71. The maximum atomic E-state index is 2.43. The minimum Gasteiger partial charge on any atom is -0.361 e. The molecule has 0 aromatic heterocycles. The molecule has 3 aromatic rings. The van der Waals surface area contributed by atoms with Crippen molar-refractivity contribution in [1.29, 1.82) is 0 Å². The van der Waals surface area contributed by atoms with Gasteiger partial charge in [-0.15, -0.1) is 0 Å². The molecule has 0 radical (unpaired) electrons. The Morgan fingerprint density at radius 2 is 1.41 bits per heavy atom. The van der Waals surface area contributed by atoms with Crippen molar-refractivity contribution in [3.05, 3.63) is 125 Å². The van der Waals surface area contributed by atoms with Crippen molar-refractivity contribution < 1.29 is 0 Å². The average molecular weight is 492 g/mol. The Morgan fingerprint density at radius 3 is 1.97 bits per heavy atom. The molecule has 0 N–H and O–H groups in total. The highest BCUT2D eigenvalue weighted by molar-refractivity contribution is 5.67. The number of nitrogens with zero attached hydrogens (tertiary/aromatic N) is 3. The molecule has 37 heavy (non-hydrogen) atoms. The summed E-state index contributed by atoms with van der Waals surface area (Å²) in [5.74, 6) is 0.387. The third-order valence-electron chi connectivity index (χ3n) is 7.58. The second kappa shape index (κ2) is 11.6. The monoisotopic (exact) mass is 491 g/mol. The van der Waals surface area contributed by atoms with E-state index in [2.05, 4.69) is 161 Å². The van der Waals surface area contributed by atoms with Crippen molar-refractivity contribution in [2.24, 2.45) is 0 Å². The fraction of sp³-hybridized carbons (Fsp3) is 0.294. The van der Waals surface area contributed by atoms with E-state index in [0.29, 0.717) is 5.92 Å². The summed E-state index contributed by atoms with van der Waals surface area (Å²) in [5.41, 5.74) is 10.3. The van der Waals surface area contributed by atoms with Gasteiger partial charge in [0.05, 0.1) is 0 Å². The standard InChI is InChI=1S/C34H41N3/c1-8-23-35(6)28(5)37(34-16-12-10-14-26(34)3)31-20-17-29(18-21-31)30-19-22-33(27(4)24-30)36(7)32-15-11-9-13-25(32)2/h8-18,20-24,28,30H,19H2,1-7H3/b23-8-. The Bertz CT molecular complexity index is 1300. The zero-order valence-electron chi connectivity index (χ0n) is 23.4. The van der Waals surface area contributed by atoms with Crippen molar-refractivity contribution in [3.8, 4) is 0 Å². The van der Waals surface area contributed by atoms with Crippen LogP contribution < -0.4 is 9.80 Å². The third-order valence-corrected chi connectivity index (χ3v) is 7.58. The highest BCUT2D eigenvalue weighted by atomic mass is 15.3. The molecule has 2 unspecified atom stereocenters. The first-order valence-corrected chi connectivity index (χ1v) is 13.3. The molecule has 0 amide bonds. The number of likely N-dealkylation sites (N-methyl/N-ethyl adjacent to an activating group) is 1. The van der Waals surface area contributed by atoms with Crippen LogP contribution in [0, 0.1) is 13.8 Å². The van der Waals surface area contributed by atoms with Crippen molar-refractivity contribution in [2.75, 3.05) is 23.9 Å². The SMILES string of the molecule is C/C=C\N(C)C(C)N(c1ccc(C2C=C(C)C(N(C)c3ccccc3C)=CC2)cc1)c1ccccc1C. The Kier molecular flexibility index (Phi) is 8.23. The van der Waals surface area contributed by atoms with Crippen LogP contribution in [0.1, 0.15) is 49.8 Å². The smallest absolute Gasteiger partial charge is 0.103 e. The van der Waals surface area contributed by atoms with Crippen LogP contribution in [0.5, 0.6) is 0 Å². The molecule has 0 saturated heterocycles. The van der Waals surface area contributed by atoms with Crippen LogP contribution in [0.25, 0.3) is 0 Å². The number of rotatable bonds is 8. The van der Waals surface area contributed by atoms with Crippen LogP contribution in [-0.4, -0.2) is 25.2 Å². The van der Waals surface area contributed by atoms with Crippen LogP contribution in [-0.2, 0) is 0 Å². The van der Waals surface area contributed by atoms with Gasteiger partial charge in [0.15, 0.2) is 0 Å². The first-order chi connectivity index (χ1) is 17.8. The molecule has 0 fully saturated rings. The molecule has 0 aliphatic heterocycles. The van der Waals surface area contributed by atoms with Gasteiger partial charge in [-0.3, -0.25) is 0 Å². The summed E-state index contributed by atoms with van der Waals surface area (Å²) in [6.07, 6.45) is 10.2. The minimum atomic E-state index is 0.169. The van der Waals surface area contributed by atoms with E-state index in [9.17, 15) is 0 Å². The molecule has 3 heteroatoms. The van der Waals surface area contributed by atoms with E-state index < -0.39 is 0 Å². The van der Waals surface area contributed by atoms with Crippen LogP contribution >= 0.6 is 0 Å². The maximum Gasteiger partial charge on any atom is 0.103 e. The van der Waals surface area contributed by atoms with Gasteiger partial charge < -0.3 is 14.7 Å². The van der Waals surface area contributed by atoms with Crippen LogP contribution in [0.4, 0.5) is 17.1 Å². The molecule has 0 spiro atoms. The fourth-order valence-corrected chi connectivity index (χ4v) is 5.37. The van der Waals surface area contributed by atoms with E-state index in [0.717, 1.165) is 6.42 Å². The molecule has 4 rings (SSSR count). The number of hydrogen-bond acceptors (Lipinski definition) is 3. The van der Waals surface area contributed by atoms with E-state index in [1.54, 1.807) is 0 Å². The zero-order valence-corrected chi connectivity index (χ0v) is 23.4. The molecular weight excluding hydrogens is 450 g/mol. The van der Waals surface area contributed by atoms with Gasteiger partial charge in [0.1, 0.15) is 6.17 Å². The summed E-state index contributed by atoms with van der Waals surface area (Å²) in [7, 11) is 4.31. The van der Waals surface area contributed by atoms with Crippen molar-refractivity contribution in [1.82, 2.24) is 4.90 Å². The molecule has 0 heterocycles. The molecule has 2 atom stereocenters. The summed E-state index contributed by atoms with van der Waals surface area (Å²) in [4.78, 5) is 7.00. The molecule has 1 aliphatic carbocycles. The van der Waals surface area contributed by atoms with Crippen LogP contribution in [0.15, 0.2) is 108 Å². The molecule has 1 aliphatic rings. The lowest BCUT2D eigenvalue weighted by atomic mass is 9.88. The Morgan fingerprint density at radius 1 is 0.811 bits per heavy atom.